The molecule has 0 bridgehead atoms. The Kier molecular flexibility index (Phi) is 5.92. The lowest BCUT2D eigenvalue weighted by atomic mass is 9.90. The second-order valence-electron chi connectivity index (χ2n) is 5.27. The van der Waals surface area contributed by atoms with Crippen molar-refractivity contribution in [3.8, 4) is 5.75 Å². The molecule has 0 aliphatic heterocycles. The van der Waals surface area contributed by atoms with Crippen LogP contribution in [0.4, 0.5) is 0 Å². The van der Waals surface area contributed by atoms with Crippen LogP contribution in [0.25, 0.3) is 0 Å². The summed E-state index contributed by atoms with van der Waals surface area (Å²) in [7, 11) is 0. The number of rotatable bonds is 8. The quantitative estimate of drug-likeness (QED) is 0.746. The van der Waals surface area contributed by atoms with Crippen LogP contribution in [0.3, 0.4) is 0 Å². The number of carbonyl (C=O) groups is 1. The molecular formula is C16H23NO2S. The first-order valence-corrected chi connectivity index (χ1v) is 8.49. The van der Waals surface area contributed by atoms with Crippen LogP contribution >= 0.6 is 11.9 Å². The van der Waals surface area contributed by atoms with Gasteiger partial charge in [-0.2, -0.15) is 0 Å². The van der Waals surface area contributed by atoms with Gasteiger partial charge in [-0.1, -0.05) is 31.0 Å². The third-order valence-electron chi connectivity index (χ3n) is 3.69. The molecule has 110 valence electrons. The molecule has 0 unspecified atom stereocenters. The zero-order valence-electron chi connectivity index (χ0n) is 12.2. The van der Waals surface area contributed by atoms with Crippen LogP contribution in [0.15, 0.2) is 24.3 Å². The van der Waals surface area contributed by atoms with Gasteiger partial charge < -0.3 is 4.74 Å². The van der Waals surface area contributed by atoms with Crippen LogP contribution in [0.1, 0.15) is 38.2 Å². The van der Waals surface area contributed by atoms with Crippen molar-refractivity contribution in [3.63, 3.8) is 0 Å². The molecule has 3 nitrogen and oxygen atoms in total. The Bertz CT molecular complexity index is 427. The van der Waals surface area contributed by atoms with E-state index in [4.69, 9.17) is 4.74 Å². The Morgan fingerprint density at radius 2 is 2.05 bits per heavy atom. The van der Waals surface area contributed by atoms with Crippen LogP contribution in [-0.2, 0) is 11.2 Å². The number of aryl methyl sites for hydroxylation is 1. The van der Waals surface area contributed by atoms with Crippen molar-refractivity contribution < 1.29 is 9.53 Å². The van der Waals surface area contributed by atoms with E-state index in [2.05, 4.69) is 23.1 Å². The first kappa shape index (κ1) is 15.4. The third kappa shape index (κ3) is 4.53. The van der Waals surface area contributed by atoms with E-state index in [-0.39, 0.29) is 0 Å². The summed E-state index contributed by atoms with van der Waals surface area (Å²) in [5.74, 6) is 1.26. The van der Waals surface area contributed by atoms with Crippen LogP contribution < -0.4 is 9.46 Å². The fourth-order valence-electron chi connectivity index (χ4n) is 2.31. The maximum Gasteiger partial charge on any atom is 0.132 e. The Labute approximate surface area is 125 Å². The van der Waals surface area contributed by atoms with Crippen LogP contribution in [0.5, 0.6) is 5.75 Å². The molecule has 0 heterocycles. The van der Waals surface area contributed by atoms with E-state index in [1.807, 2.05) is 19.1 Å². The first-order valence-electron chi connectivity index (χ1n) is 7.27. The van der Waals surface area contributed by atoms with Gasteiger partial charge in [-0.05, 0) is 30.4 Å². The highest BCUT2D eigenvalue weighted by Crippen LogP contribution is 2.27. The van der Waals surface area contributed by atoms with E-state index in [1.165, 1.54) is 5.56 Å². The number of benzene rings is 1. The number of ether oxygens (including phenoxy) is 1. The minimum absolute atomic E-state index is 0.326. The largest absolute Gasteiger partial charge is 0.490 e. The molecule has 4 heteroatoms. The van der Waals surface area contributed by atoms with Gasteiger partial charge in [0.2, 0.25) is 0 Å². The van der Waals surface area contributed by atoms with E-state index < -0.39 is 0 Å². The van der Waals surface area contributed by atoms with Gasteiger partial charge >= 0.3 is 0 Å². The Morgan fingerprint density at radius 3 is 2.65 bits per heavy atom. The zero-order valence-corrected chi connectivity index (χ0v) is 13.0. The summed E-state index contributed by atoms with van der Waals surface area (Å²) in [5, 5.41) is 0. The standard InChI is InChI=1S/C16H23NO2S/c1-3-14(18)7-4-12-5-8-15(9-6-12)19-16-10-13(11-16)17-20-2/h5-6,8-9,13,16-17H,3-4,7,10-11H2,1-2H3/t13-,16-. The van der Waals surface area contributed by atoms with Gasteiger partial charge in [-0.3, -0.25) is 9.52 Å². The van der Waals surface area contributed by atoms with Crippen molar-refractivity contribution in [1.82, 2.24) is 4.72 Å². The summed E-state index contributed by atoms with van der Waals surface area (Å²) in [4.78, 5) is 11.3. The Hall–Kier alpha value is -1.00. The van der Waals surface area contributed by atoms with Crippen molar-refractivity contribution in [3.05, 3.63) is 29.8 Å². The molecule has 20 heavy (non-hydrogen) atoms. The molecule has 0 amide bonds. The van der Waals surface area contributed by atoms with E-state index in [1.54, 1.807) is 11.9 Å². The summed E-state index contributed by atoms with van der Waals surface area (Å²) >= 11 is 1.67. The molecule has 1 aliphatic carbocycles. The fraction of sp³-hybridized carbons (Fsp3) is 0.562. The minimum Gasteiger partial charge on any atom is -0.490 e. The van der Waals surface area contributed by atoms with E-state index in [0.29, 0.717) is 30.8 Å². The second kappa shape index (κ2) is 7.70. The normalized spacial score (nSPS) is 21.3. The van der Waals surface area contributed by atoms with E-state index >= 15 is 0 Å². The number of hydrogen-bond acceptors (Lipinski definition) is 4. The average molecular weight is 293 g/mol. The van der Waals surface area contributed by atoms with Crippen LogP contribution in [0.2, 0.25) is 0 Å². The summed E-state index contributed by atoms with van der Waals surface area (Å²) in [6.45, 7) is 1.91. The van der Waals surface area contributed by atoms with Crippen LogP contribution in [0, 0.1) is 0 Å². The molecule has 0 atom stereocenters. The smallest absolute Gasteiger partial charge is 0.132 e. The molecule has 1 aromatic carbocycles. The Morgan fingerprint density at radius 1 is 1.35 bits per heavy atom. The first-order chi connectivity index (χ1) is 9.71. The average Bonchev–Trinajstić information content (AvgIpc) is 2.44. The zero-order chi connectivity index (χ0) is 14.4. The summed E-state index contributed by atoms with van der Waals surface area (Å²) in [5.41, 5.74) is 1.20. The molecule has 2 rings (SSSR count). The number of carbonyl (C=O) groups excluding carboxylic acids is 1. The topological polar surface area (TPSA) is 38.3 Å². The highest BCUT2D eigenvalue weighted by Gasteiger charge is 2.30. The minimum atomic E-state index is 0.326. The molecule has 1 fully saturated rings. The van der Waals surface area contributed by atoms with Gasteiger partial charge in [0.25, 0.3) is 0 Å². The number of Topliss-reactive ketones (excluding diaryl/α,β-unsaturated/α-hetero) is 1. The van der Waals surface area contributed by atoms with Gasteiger partial charge in [-0.15, -0.1) is 0 Å². The maximum atomic E-state index is 11.3. The Balaban J connectivity index is 1.73. The second-order valence-corrected chi connectivity index (χ2v) is 5.91. The van der Waals surface area contributed by atoms with Crippen molar-refractivity contribution >= 4 is 17.7 Å². The summed E-state index contributed by atoms with van der Waals surface area (Å²) in [6, 6.07) is 8.75. The molecule has 0 radical (unpaired) electrons. The molecular weight excluding hydrogens is 270 g/mol. The van der Waals surface area contributed by atoms with Crippen molar-refractivity contribution in [2.24, 2.45) is 0 Å². The highest BCUT2D eigenvalue weighted by molar-refractivity contribution is 7.96. The van der Waals surface area contributed by atoms with Crippen molar-refractivity contribution in [1.29, 1.82) is 0 Å². The van der Waals surface area contributed by atoms with Gasteiger partial charge in [-0.25, -0.2) is 0 Å². The lowest BCUT2D eigenvalue weighted by Crippen LogP contribution is -2.44. The predicted molar refractivity (Wildman–Crippen MR) is 84.1 cm³/mol. The summed E-state index contributed by atoms with van der Waals surface area (Å²) < 4.78 is 9.26. The van der Waals surface area contributed by atoms with Crippen molar-refractivity contribution in [2.75, 3.05) is 6.26 Å². The van der Waals surface area contributed by atoms with Gasteiger partial charge in [0, 0.05) is 31.7 Å². The molecule has 0 saturated heterocycles. The van der Waals surface area contributed by atoms with Crippen LogP contribution in [-0.4, -0.2) is 24.2 Å². The van der Waals surface area contributed by atoms with E-state index in [9.17, 15) is 4.79 Å². The van der Waals surface area contributed by atoms with Gasteiger partial charge in [0.15, 0.2) is 0 Å². The third-order valence-corrected chi connectivity index (χ3v) is 4.26. The molecule has 0 aromatic heterocycles. The lowest BCUT2D eigenvalue weighted by Gasteiger charge is -2.35. The van der Waals surface area contributed by atoms with E-state index in [0.717, 1.165) is 25.0 Å². The fourth-order valence-corrected chi connectivity index (χ4v) is 2.84. The highest BCUT2D eigenvalue weighted by atomic mass is 32.2. The molecule has 1 aromatic rings. The molecule has 1 saturated carbocycles. The van der Waals surface area contributed by atoms with Gasteiger partial charge in [0.1, 0.15) is 17.6 Å². The monoisotopic (exact) mass is 293 g/mol. The number of hydrogen-bond donors (Lipinski definition) is 1. The molecule has 1 N–H and O–H groups in total. The predicted octanol–water partition coefficient (Wildman–Crippen LogP) is 3.38. The number of ketones is 1. The molecule has 1 aliphatic rings. The summed E-state index contributed by atoms with van der Waals surface area (Å²) in [6.07, 6.45) is 6.65. The molecule has 0 spiro atoms. The lowest BCUT2D eigenvalue weighted by molar-refractivity contribution is -0.118. The van der Waals surface area contributed by atoms with Gasteiger partial charge in [0.05, 0.1) is 0 Å². The SMILES string of the molecule is CCC(=O)CCc1ccc(O[C@H]2C[C@H](NSC)C2)cc1. The van der Waals surface area contributed by atoms with Crippen molar-refractivity contribution in [2.45, 2.75) is 51.2 Å². The number of nitrogens with one attached hydrogen (secondary N) is 1. The maximum absolute atomic E-state index is 11.3.